The van der Waals surface area contributed by atoms with Crippen LogP contribution in [0.5, 0.6) is 5.75 Å². The quantitative estimate of drug-likeness (QED) is 0.758. The molecule has 0 aliphatic heterocycles. The zero-order valence-electron chi connectivity index (χ0n) is 13.3. The van der Waals surface area contributed by atoms with Crippen LogP contribution < -0.4 is 4.74 Å². The fraction of sp³-hybridized carbons (Fsp3) is 0.250. The lowest BCUT2D eigenvalue weighted by Gasteiger charge is -2.21. The lowest BCUT2D eigenvalue weighted by atomic mass is 10.2. The van der Waals surface area contributed by atoms with Crippen molar-refractivity contribution in [3.05, 3.63) is 71.8 Å². The molecule has 0 aromatic heterocycles. The van der Waals surface area contributed by atoms with Gasteiger partial charge in [-0.15, -0.1) is 0 Å². The van der Waals surface area contributed by atoms with E-state index in [-0.39, 0.29) is 5.91 Å². The van der Waals surface area contributed by atoms with Crippen molar-refractivity contribution in [1.82, 2.24) is 4.90 Å². The molecule has 3 nitrogen and oxygen atoms in total. The first-order chi connectivity index (χ1) is 11.3. The molecule has 0 saturated heterocycles. The summed E-state index contributed by atoms with van der Waals surface area (Å²) in [5.41, 5.74) is 2.17. The molecule has 0 unspecified atom stereocenters. The van der Waals surface area contributed by atoms with Gasteiger partial charge in [0.1, 0.15) is 5.75 Å². The molecular formula is C20H21NO2. The first-order valence-electron chi connectivity index (χ1n) is 7.93. The second kappa shape index (κ2) is 7.14. The summed E-state index contributed by atoms with van der Waals surface area (Å²) in [4.78, 5) is 14.5. The molecule has 0 radical (unpaired) electrons. The first kappa shape index (κ1) is 15.3. The SMILES string of the molecule is COc1ccc(CN(C(=O)/C=C/c2ccccc2)C2CC2)cc1. The molecule has 1 fully saturated rings. The third-order valence-electron chi connectivity index (χ3n) is 4.00. The molecular weight excluding hydrogens is 286 g/mol. The van der Waals surface area contributed by atoms with Crippen LogP contribution in [-0.4, -0.2) is 24.0 Å². The van der Waals surface area contributed by atoms with E-state index < -0.39 is 0 Å². The number of benzene rings is 2. The van der Waals surface area contributed by atoms with Gasteiger partial charge in [0.25, 0.3) is 0 Å². The number of nitrogens with zero attached hydrogens (tertiary/aromatic N) is 1. The van der Waals surface area contributed by atoms with Crippen LogP contribution in [-0.2, 0) is 11.3 Å². The Balaban J connectivity index is 1.68. The molecule has 1 saturated carbocycles. The second-order valence-corrected chi connectivity index (χ2v) is 5.79. The summed E-state index contributed by atoms with van der Waals surface area (Å²) in [6.07, 6.45) is 5.76. The predicted octanol–water partition coefficient (Wildman–Crippen LogP) is 3.90. The maximum atomic E-state index is 12.5. The average Bonchev–Trinajstić information content (AvgIpc) is 3.44. The summed E-state index contributed by atoms with van der Waals surface area (Å²) >= 11 is 0. The molecule has 118 valence electrons. The van der Waals surface area contributed by atoms with E-state index in [4.69, 9.17) is 4.74 Å². The van der Waals surface area contributed by atoms with Gasteiger partial charge in [0.05, 0.1) is 7.11 Å². The van der Waals surface area contributed by atoms with Gasteiger partial charge in [-0.2, -0.15) is 0 Å². The van der Waals surface area contributed by atoms with Crippen LogP contribution in [0.25, 0.3) is 6.08 Å². The number of methoxy groups -OCH3 is 1. The van der Waals surface area contributed by atoms with E-state index in [1.165, 1.54) is 0 Å². The lowest BCUT2D eigenvalue weighted by molar-refractivity contribution is -0.127. The van der Waals surface area contributed by atoms with E-state index in [9.17, 15) is 4.79 Å². The summed E-state index contributed by atoms with van der Waals surface area (Å²) in [5.74, 6) is 0.911. The Morgan fingerprint density at radius 3 is 2.43 bits per heavy atom. The molecule has 3 heteroatoms. The molecule has 0 bridgehead atoms. The monoisotopic (exact) mass is 307 g/mol. The fourth-order valence-electron chi connectivity index (χ4n) is 2.53. The molecule has 23 heavy (non-hydrogen) atoms. The molecule has 1 aliphatic rings. The Morgan fingerprint density at radius 2 is 1.83 bits per heavy atom. The highest BCUT2D eigenvalue weighted by atomic mass is 16.5. The Labute approximate surface area is 137 Å². The number of hydrogen-bond acceptors (Lipinski definition) is 2. The van der Waals surface area contributed by atoms with Gasteiger partial charge in [-0.25, -0.2) is 0 Å². The zero-order valence-corrected chi connectivity index (χ0v) is 13.3. The molecule has 1 amide bonds. The normalized spacial score (nSPS) is 14.0. The number of ether oxygens (including phenoxy) is 1. The summed E-state index contributed by atoms with van der Waals surface area (Å²) in [7, 11) is 1.66. The molecule has 0 N–H and O–H groups in total. The van der Waals surface area contributed by atoms with Gasteiger partial charge in [-0.1, -0.05) is 42.5 Å². The number of carbonyl (C=O) groups excluding carboxylic acids is 1. The maximum absolute atomic E-state index is 12.5. The Morgan fingerprint density at radius 1 is 1.13 bits per heavy atom. The van der Waals surface area contributed by atoms with E-state index in [0.717, 1.165) is 29.7 Å². The van der Waals surface area contributed by atoms with E-state index in [2.05, 4.69) is 0 Å². The molecule has 0 heterocycles. The van der Waals surface area contributed by atoms with Crippen LogP contribution in [0.15, 0.2) is 60.7 Å². The predicted molar refractivity (Wildman–Crippen MR) is 92.0 cm³/mol. The van der Waals surface area contributed by atoms with Crippen LogP contribution in [0.1, 0.15) is 24.0 Å². The van der Waals surface area contributed by atoms with Crippen molar-refractivity contribution in [3.8, 4) is 5.75 Å². The van der Waals surface area contributed by atoms with Crippen molar-refractivity contribution in [2.75, 3.05) is 7.11 Å². The average molecular weight is 307 g/mol. The van der Waals surface area contributed by atoms with Gasteiger partial charge in [0.2, 0.25) is 5.91 Å². The minimum atomic E-state index is 0.0761. The van der Waals surface area contributed by atoms with Crippen LogP contribution >= 0.6 is 0 Å². The fourth-order valence-corrected chi connectivity index (χ4v) is 2.53. The Hall–Kier alpha value is -2.55. The minimum absolute atomic E-state index is 0.0761. The van der Waals surface area contributed by atoms with Crippen molar-refractivity contribution in [1.29, 1.82) is 0 Å². The van der Waals surface area contributed by atoms with Crippen LogP contribution in [0.3, 0.4) is 0 Å². The summed E-state index contributed by atoms with van der Waals surface area (Å²) in [6, 6.07) is 18.2. The van der Waals surface area contributed by atoms with Gasteiger partial charge < -0.3 is 9.64 Å². The molecule has 0 spiro atoms. The summed E-state index contributed by atoms with van der Waals surface area (Å²) in [5, 5.41) is 0. The van der Waals surface area contributed by atoms with Gasteiger partial charge in [0, 0.05) is 18.7 Å². The van der Waals surface area contributed by atoms with Gasteiger partial charge in [-0.05, 0) is 42.2 Å². The second-order valence-electron chi connectivity index (χ2n) is 5.79. The third-order valence-corrected chi connectivity index (χ3v) is 4.00. The lowest BCUT2D eigenvalue weighted by Crippen LogP contribution is -2.31. The highest BCUT2D eigenvalue weighted by molar-refractivity contribution is 5.92. The topological polar surface area (TPSA) is 29.5 Å². The molecule has 2 aromatic carbocycles. The maximum Gasteiger partial charge on any atom is 0.247 e. The van der Waals surface area contributed by atoms with E-state index in [1.807, 2.05) is 65.6 Å². The van der Waals surface area contributed by atoms with Crippen LogP contribution in [0.4, 0.5) is 0 Å². The first-order valence-corrected chi connectivity index (χ1v) is 7.93. The van der Waals surface area contributed by atoms with Gasteiger partial charge in [-0.3, -0.25) is 4.79 Å². The Kier molecular flexibility index (Phi) is 4.77. The van der Waals surface area contributed by atoms with E-state index in [1.54, 1.807) is 13.2 Å². The molecule has 0 atom stereocenters. The highest BCUT2D eigenvalue weighted by Crippen LogP contribution is 2.29. The number of hydrogen-bond donors (Lipinski definition) is 0. The molecule has 3 rings (SSSR count). The standard InChI is InChI=1S/C20H21NO2/c1-23-19-12-7-17(8-13-19)15-21(18-10-11-18)20(22)14-9-16-5-3-2-4-6-16/h2-9,12-14,18H,10-11,15H2,1H3/b14-9+. The van der Waals surface area contributed by atoms with Crippen molar-refractivity contribution in [2.45, 2.75) is 25.4 Å². The molecule has 1 aliphatic carbocycles. The largest absolute Gasteiger partial charge is 0.497 e. The van der Waals surface area contributed by atoms with Gasteiger partial charge >= 0.3 is 0 Å². The minimum Gasteiger partial charge on any atom is -0.497 e. The van der Waals surface area contributed by atoms with Gasteiger partial charge in [0.15, 0.2) is 0 Å². The Bertz CT molecular complexity index is 673. The third kappa shape index (κ3) is 4.22. The van der Waals surface area contributed by atoms with Crippen molar-refractivity contribution in [2.24, 2.45) is 0 Å². The zero-order chi connectivity index (χ0) is 16.1. The van der Waals surface area contributed by atoms with E-state index in [0.29, 0.717) is 12.6 Å². The highest BCUT2D eigenvalue weighted by Gasteiger charge is 2.31. The number of rotatable bonds is 6. The van der Waals surface area contributed by atoms with Crippen molar-refractivity contribution in [3.63, 3.8) is 0 Å². The smallest absolute Gasteiger partial charge is 0.247 e. The van der Waals surface area contributed by atoms with E-state index >= 15 is 0 Å². The summed E-state index contributed by atoms with van der Waals surface area (Å²) in [6.45, 7) is 0.645. The number of amides is 1. The van der Waals surface area contributed by atoms with Crippen molar-refractivity contribution < 1.29 is 9.53 Å². The van der Waals surface area contributed by atoms with Crippen LogP contribution in [0.2, 0.25) is 0 Å². The van der Waals surface area contributed by atoms with Crippen LogP contribution in [0, 0.1) is 0 Å². The van der Waals surface area contributed by atoms with Crippen molar-refractivity contribution >= 4 is 12.0 Å². The summed E-state index contributed by atoms with van der Waals surface area (Å²) < 4.78 is 5.18. The number of carbonyl (C=O) groups is 1. The molecule has 2 aromatic rings.